The first kappa shape index (κ1) is 23.4. The van der Waals surface area contributed by atoms with E-state index in [4.69, 9.17) is 4.74 Å². The molecular formula is C27H35N3O3S. The maximum absolute atomic E-state index is 13.9. The summed E-state index contributed by atoms with van der Waals surface area (Å²) in [6.45, 7) is 13.3. The highest BCUT2D eigenvalue weighted by atomic mass is 32.2. The lowest BCUT2D eigenvalue weighted by atomic mass is 9.85. The van der Waals surface area contributed by atoms with Crippen molar-refractivity contribution in [2.24, 2.45) is 0 Å². The molecule has 1 saturated heterocycles. The molecule has 0 spiro atoms. The molecule has 3 aliphatic rings. The van der Waals surface area contributed by atoms with E-state index in [-0.39, 0.29) is 17.2 Å². The molecule has 1 fully saturated rings. The molecule has 0 aromatic heterocycles. The molecule has 0 radical (unpaired) electrons. The van der Waals surface area contributed by atoms with Crippen LogP contribution in [0.1, 0.15) is 45.2 Å². The maximum Gasteiger partial charge on any atom is 0.264 e. The van der Waals surface area contributed by atoms with Crippen LogP contribution in [-0.4, -0.2) is 51.8 Å². The van der Waals surface area contributed by atoms with Crippen molar-refractivity contribution in [3.8, 4) is 0 Å². The zero-order valence-electron chi connectivity index (χ0n) is 20.8. The van der Waals surface area contributed by atoms with Gasteiger partial charge in [-0.2, -0.15) is 0 Å². The second kappa shape index (κ2) is 8.11. The number of fused-ring (bicyclic) bond motifs is 3. The highest BCUT2D eigenvalue weighted by molar-refractivity contribution is 7.92. The van der Waals surface area contributed by atoms with Crippen molar-refractivity contribution >= 4 is 27.0 Å². The molecule has 2 aromatic carbocycles. The van der Waals surface area contributed by atoms with Crippen LogP contribution in [0.4, 0.5) is 11.4 Å². The van der Waals surface area contributed by atoms with Gasteiger partial charge in [0.05, 0.1) is 40.1 Å². The number of rotatable bonds is 3. The van der Waals surface area contributed by atoms with E-state index in [9.17, 15) is 8.42 Å². The Morgan fingerprint density at radius 1 is 1.06 bits per heavy atom. The van der Waals surface area contributed by atoms with Gasteiger partial charge in [-0.3, -0.25) is 4.31 Å². The second-order valence-electron chi connectivity index (χ2n) is 10.9. The molecule has 182 valence electrons. The van der Waals surface area contributed by atoms with Crippen LogP contribution in [0.25, 0.3) is 5.57 Å². The molecule has 7 heteroatoms. The summed E-state index contributed by atoms with van der Waals surface area (Å²) < 4.78 is 35.7. The molecule has 1 N–H and O–H groups in total. The molecule has 3 aliphatic heterocycles. The summed E-state index contributed by atoms with van der Waals surface area (Å²) in [6.07, 6.45) is 2.95. The number of hydrogen-bond acceptors (Lipinski definition) is 5. The van der Waals surface area contributed by atoms with Gasteiger partial charge in [0.2, 0.25) is 0 Å². The van der Waals surface area contributed by atoms with Gasteiger partial charge in [0, 0.05) is 26.1 Å². The van der Waals surface area contributed by atoms with E-state index < -0.39 is 10.0 Å². The van der Waals surface area contributed by atoms with Crippen LogP contribution in [0.3, 0.4) is 0 Å². The van der Waals surface area contributed by atoms with Gasteiger partial charge in [0.15, 0.2) is 0 Å². The number of hydrogen-bond donors (Lipinski definition) is 1. The summed E-state index contributed by atoms with van der Waals surface area (Å²) in [5.74, 6) is 0. The van der Waals surface area contributed by atoms with Gasteiger partial charge in [-0.25, -0.2) is 8.42 Å². The molecule has 0 aliphatic carbocycles. The lowest BCUT2D eigenvalue weighted by Crippen LogP contribution is -2.59. The molecule has 3 heterocycles. The van der Waals surface area contributed by atoms with E-state index in [0.29, 0.717) is 11.4 Å². The van der Waals surface area contributed by atoms with Crippen molar-refractivity contribution in [2.45, 2.75) is 63.2 Å². The summed E-state index contributed by atoms with van der Waals surface area (Å²) in [5.41, 5.74) is 4.26. The number of nitrogens with one attached hydrogen (secondary N) is 1. The normalized spacial score (nSPS) is 23.7. The Kier molecular flexibility index (Phi) is 5.58. The van der Waals surface area contributed by atoms with Gasteiger partial charge in [-0.15, -0.1) is 0 Å². The Balaban J connectivity index is 1.64. The zero-order valence-corrected chi connectivity index (χ0v) is 21.6. The summed E-state index contributed by atoms with van der Waals surface area (Å²) in [7, 11) is -3.71. The molecule has 5 rings (SSSR count). The first-order chi connectivity index (χ1) is 16.0. The second-order valence-corrected chi connectivity index (χ2v) is 12.8. The first-order valence-electron chi connectivity index (χ1n) is 12.1. The highest BCUT2D eigenvalue weighted by Gasteiger charge is 2.39. The van der Waals surface area contributed by atoms with Crippen LogP contribution in [0.2, 0.25) is 0 Å². The standard InChI is InChI=1S/C27H35N3O3S/c1-19-7-6-8-23(13-19)34(31,32)30-18-22-17-28-11-12-29(22)24-10-9-20(14-25(24)30)21-15-26(2,3)33-27(4,5)16-21/h6-10,13-15,22,28H,11-12,16-18H2,1-5H3/t22-/m0/s1. The molecule has 0 amide bonds. The molecule has 1 atom stereocenters. The van der Waals surface area contributed by atoms with E-state index >= 15 is 0 Å². The predicted octanol–water partition coefficient (Wildman–Crippen LogP) is 4.34. The SMILES string of the molecule is Cc1cccc(S(=O)(=O)N2C[C@@H]3CNCCN3c3ccc(C4=CC(C)(C)OC(C)(C)C4)cc32)c1. The third kappa shape index (κ3) is 4.25. The minimum atomic E-state index is -3.71. The quantitative estimate of drug-likeness (QED) is 0.707. The smallest absolute Gasteiger partial charge is 0.264 e. The third-order valence-electron chi connectivity index (χ3n) is 6.91. The molecule has 6 nitrogen and oxygen atoms in total. The predicted molar refractivity (Wildman–Crippen MR) is 138 cm³/mol. The van der Waals surface area contributed by atoms with E-state index in [1.807, 2.05) is 19.1 Å². The fourth-order valence-corrected chi connectivity index (χ4v) is 7.33. The van der Waals surface area contributed by atoms with Crippen LogP contribution in [0.5, 0.6) is 0 Å². The van der Waals surface area contributed by atoms with Crippen LogP contribution in [0.15, 0.2) is 53.4 Å². The van der Waals surface area contributed by atoms with Crippen LogP contribution < -0.4 is 14.5 Å². The number of sulfonamides is 1. The number of aryl methyl sites for hydroxylation is 1. The largest absolute Gasteiger partial charge is 0.365 e. The monoisotopic (exact) mass is 481 g/mol. The van der Waals surface area contributed by atoms with Crippen LogP contribution in [-0.2, 0) is 14.8 Å². The van der Waals surface area contributed by atoms with Gasteiger partial charge in [0.25, 0.3) is 10.0 Å². The molecule has 2 aromatic rings. The first-order valence-corrected chi connectivity index (χ1v) is 13.5. The van der Waals surface area contributed by atoms with E-state index in [2.05, 4.69) is 62.2 Å². The van der Waals surface area contributed by atoms with Gasteiger partial charge in [0.1, 0.15) is 0 Å². The molecule has 0 unspecified atom stereocenters. The fraction of sp³-hybridized carbons (Fsp3) is 0.481. The van der Waals surface area contributed by atoms with E-state index in [1.54, 1.807) is 16.4 Å². The number of piperazine rings is 1. The van der Waals surface area contributed by atoms with Crippen LogP contribution >= 0.6 is 0 Å². The number of anilines is 2. The Labute approximate surface area is 203 Å². The van der Waals surface area contributed by atoms with Crippen molar-refractivity contribution in [1.82, 2.24) is 5.32 Å². The summed E-state index contributed by atoms with van der Waals surface area (Å²) in [4.78, 5) is 2.71. The molecule has 0 saturated carbocycles. The van der Waals surface area contributed by atoms with Gasteiger partial charge in [-0.1, -0.05) is 18.2 Å². The van der Waals surface area contributed by atoms with Gasteiger partial charge < -0.3 is 15.0 Å². The van der Waals surface area contributed by atoms with Gasteiger partial charge in [-0.05, 0) is 81.7 Å². The molecule has 34 heavy (non-hydrogen) atoms. The Morgan fingerprint density at radius 2 is 1.85 bits per heavy atom. The minimum absolute atomic E-state index is 0.104. The topological polar surface area (TPSA) is 61.9 Å². The van der Waals surface area contributed by atoms with Gasteiger partial charge >= 0.3 is 0 Å². The molecule has 0 bridgehead atoms. The number of nitrogens with zero attached hydrogens (tertiary/aromatic N) is 2. The average molecular weight is 482 g/mol. The summed E-state index contributed by atoms with van der Waals surface area (Å²) in [6, 6.07) is 13.6. The van der Waals surface area contributed by atoms with Crippen molar-refractivity contribution < 1.29 is 13.2 Å². The molecular weight excluding hydrogens is 446 g/mol. The van der Waals surface area contributed by atoms with Crippen molar-refractivity contribution in [2.75, 3.05) is 35.4 Å². The minimum Gasteiger partial charge on any atom is -0.365 e. The van der Waals surface area contributed by atoms with E-state index in [1.165, 1.54) is 5.57 Å². The van der Waals surface area contributed by atoms with E-state index in [0.717, 1.165) is 48.6 Å². The number of ether oxygens (including phenoxy) is 1. The lowest BCUT2D eigenvalue weighted by Gasteiger charge is -2.46. The average Bonchev–Trinajstić information content (AvgIpc) is 2.76. The van der Waals surface area contributed by atoms with Crippen molar-refractivity contribution in [1.29, 1.82) is 0 Å². The Bertz CT molecular complexity index is 1250. The van der Waals surface area contributed by atoms with Crippen molar-refractivity contribution in [3.63, 3.8) is 0 Å². The number of benzene rings is 2. The lowest BCUT2D eigenvalue weighted by molar-refractivity contribution is -0.100. The summed E-state index contributed by atoms with van der Waals surface area (Å²) in [5, 5.41) is 3.43. The van der Waals surface area contributed by atoms with Crippen molar-refractivity contribution in [3.05, 3.63) is 59.7 Å². The highest BCUT2D eigenvalue weighted by Crippen LogP contribution is 2.44. The maximum atomic E-state index is 13.9. The third-order valence-corrected chi connectivity index (χ3v) is 8.68. The fourth-order valence-electron chi connectivity index (χ4n) is 5.72. The van der Waals surface area contributed by atoms with Crippen LogP contribution in [0, 0.1) is 6.92 Å². The Hall–Kier alpha value is -2.35. The summed E-state index contributed by atoms with van der Waals surface area (Å²) >= 11 is 0. The Morgan fingerprint density at radius 3 is 2.59 bits per heavy atom. The zero-order chi connectivity index (χ0) is 24.3.